The molecule has 1 aromatic carbocycles. The first kappa shape index (κ1) is 13.5. The second-order valence-electron chi connectivity index (χ2n) is 4.09. The molecule has 0 radical (unpaired) electrons. The fourth-order valence-corrected chi connectivity index (χ4v) is 2.74. The van der Waals surface area contributed by atoms with E-state index < -0.39 is 33.9 Å². The van der Waals surface area contributed by atoms with Gasteiger partial charge in [0.25, 0.3) is 0 Å². The molecule has 1 fully saturated rings. The van der Waals surface area contributed by atoms with E-state index >= 15 is 0 Å². The third-order valence-electron chi connectivity index (χ3n) is 2.92. The van der Waals surface area contributed by atoms with E-state index in [1.54, 1.807) is 0 Å². The van der Waals surface area contributed by atoms with E-state index in [1.807, 2.05) is 0 Å². The summed E-state index contributed by atoms with van der Waals surface area (Å²) in [5.41, 5.74) is -0.408. The highest BCUT2D eigenvalue weighted by molar-refractivity contribution is 6.53. The first-order valence-corrected chi connectivity index (χ1v) is 5.69. The minimum atomic E-state index is -4.42. The van der Waals surface area contributed by atoms with Gasteiger partial charge in [-0.25, -0.2) is 0 Å². The second-order valence-corrected chi connectivity index (χ2v) is 5.53. The number of carbonyl (C=O) groups is 1. The molecule has 2 atom stereocenters. The number of rotatable bonds is 2. The molecule has 0 amide bonds. The van der Waals surface area contributed by atoms with Crippen LogP contribution in [0.4, 0.5) is 13.2 Å². The van der Waals surface area contributed by atoms with E-state index in [9.17, 15) is 18.0 Å². The molecule has 2 rings (SSSR count). The highest BCUT2D eigenvalue weighted by Gasteiger charge is 2.68. The molecule has 0 saturated heterocycles. The standard InChI is InChI=1S/C11H7Cl2F3O2/c12-10(13)7(8(10)9(17)18)5-1-3-6(4-2-5)11(14,15)16/h1-4,7-8H,(H,17,18). The second kappa shape index (κ2) is 4.03. The Kier molecular flexibility index (Phi) is 3.02. The monoisotopic (exact) mass is 298 g/mol. The summed E-state index contributed by atoms with van der Waals surface area (Å²) in [6.07, 6.45) is -4.42. The lowest BCUT2D eigenvalue weighted by Crippen LogP contribution is -2.04. The van der Waals surface area contributed by atoms with Crippen LogP contribution in [0.5, 0.6) is 0 Å². The Morgan fingerprint density at radius 1 is 1.22 bits per heavy atom. The van der Waals surface area contributed by atoms with Crippen LogP contribution >= 0.6 is 23.2 Å². The molecular weight excluding hydrogens is 292 g/mol. The van der Waals surface area contributed by atoms with Crippen LogP contribution in [0.1, 0.15) is 17.0 Å². The summed E-state index contributed by atoms with van der Waals surface area (Å²) in [5.74, 6) is -2.83. The SMILES string of the molecule is O=C(O)C1C(c2ccc(C(F)(F)F)cc2)C1(Cl)Cl. The maximum absolute atomic E-state index is 12.3. The average molecular weight is 299 g/mol. The van der Waals surface area contributed by atoms with Crippen molar-refractivity contribution in [3.05, 3.63) is 35.4 Å². The molecule has 1 N–H and O–H groups in total. The summed E-state index contributed by atoms with van der Waals surface area (Å²) in [4.78, 5) is 10.8. The van der Waals surface area contributed by atoms with Gasteiger partial charge in [0.15, 0.2) is 0 Å². The zero-order chi connectivity index (χ0) is 13.7. The average Bonchev–Trinajstić information content (AvgIpc) is 2.80. The summed E-state index contributed by atoms with van der Waals surface area (Å²) in [5, 5.41) is 8.86. The molecule has 1 aliphatic carbocycles. The Morgan fingerprint density at radius 2 is 1.72 bits per heavy atom. The molecule has 2 unspecified atom stereocenters. The van der Waals surface area contributed by atoms with Gasteiger partial charge in [0.2, 0.25) is 0 Å². The van der Waals surface area contributed by atoms with Crippen molar-refractivity contribution in [3.63, 3.8) is 0 Å². The van der Waals surface area contributed by atoms with Crippen LogP contribution in [0, 0.1) is 5.92 Å². The lowest BCUT2D eigenvalue weighted by atomic mass is 10.1. The highest BCUT2D eigenvalue weighted by atomic mass is 35.5. The van der Waals surface area contributed by atoms with Gasteiger partial charge in [-0.2, -0.15) is 13.2 Å². The number of carboxylic acid groups (broad SMARTS) is 1. The summed E-state index contributed by atoms with van der Waals surface area (Å²) >= 11 is 11.6. The molecule has 0 aliphatic heterocycles. The van der Waals surface area contributed by atoms with Gasteiger partial charge in [0.1, 0.15) is 4.33 Å². The number of alkyl halides is 5. The van der Waals surface area contributed by atoms with Crippen molar-refractivity contribution in [2.75, 3.05) is 0 Å². The van der Waals surface area contributed by atoms with E-state index in [0.717, 1.165) is 12.1 Å². The van der Waals surface area contributed by atoms with Gasteiger partial charge < -0.3 is 5.11 Å². The number of hydrogen-bond acceptors (Lipinski definition) is 1. The largest absolute Gasteiger partial charge is 0.481 e. The quantitative estimate of drug-likeness (QED) is 0.846. The van der Waals surface area contributed by atoms with Crippen LogP contribution in [-0.2, 0) is 11.0 Å². The minimum Gasteiger partial charge on any atom is -0.481 e. The van der Waals surface area contributed by atoms with Crippen LogP contribution in [0.15, 0.2) is 24.3 Å². The third-order valence-corrected chi connectivity index (χ3v) is 3.86. The summed E-state index contributed by atoms with van der Waals surface area (Å²) < 4.78 is 35.6. The molecule has 18 heavy (non-hydrogen) atoms. The minimum absolute atomic E-state index is 0.389. The molecule has 2 nitrogen and oxygen atoms in total. The molecule has 0 heterocycles. The Morgan fingerprint density at radius 3 is 2.06 bits per heavy atom. The van der Waals surface area contributed by atoms with Crippen molar-refractivity contribution in [3.8, 4) is 0 Å². The zero-order valence-electron chi connectivity index (χ0n) is 8.71. The fourth-order valence-electron chi connectivity index (χ4n) is 1.93. The maximum Gasteiger partial charge on any atom is 0.416 e. The van der Waals surface area contributed by atoms with Gasteiger partial charge in [-0.05, 0) is 17.7 Å². The third kappa shape index (κ3) is 2.17. The van der Waals surface area contributed by atoms with Crippen LogP contribution in [0.3, 0.4) is 0 Å². The predicted molar refractivity (Wildman–Crippen MR) is 59.7 cm³/mol. The van der Waals surface area contributed by atoms with Crippen molar-refractivity contribution in [1.29, 1.82) is 0 Å². The smallest absolute Gasteiger partial charge is 0.416 e. The van der Waals surface area contributed by atoms with Crippen LogP contribution in [0.25, 0.3) is 0 Å². The summed E-state index contributed by atoms with van der Waals surface area (Å²) in [6, 6.07) is 4.18. The van der Waals surface area contributed by atoms with Crippen LogP contribution in [0.2, 0.25) is 0 Å². The fraction of sp³-hybridized carbons (Fsp3) is 0.364. The molecule has 1 aliphatic rings. The molecule has 0 bridgehead atoms. The predicted octanol–water partition coefficient (Wildman–Crippen LogP) is 3.68. The van der Waals surface area contributed by atoms with Crippen molar-refractivity contribution in [1.82, 2.24) is 0 Å². The Hall–Kier alpha value is -0.940. The first-order chi connectivity index (χ1) is 8.15. The normalized spacial score (nSPS) is 25.8. The molecule has 98 valence electrons. The van der Waals surface area contributed by atoms with Gasteiger partial charge in [0.05, 0.1) is 11.5 Å². The van der Waals surface area contributed by atoms with Gasteiger partial charge >= 0.3 is 12.1 Å². The van der Waals surface area contributed by atoms with Crippen molar-refractivity contribution < 1.29 is 23.1 Å². The number of benzene rings is 1. The molecular formula is C11H7Cl2F3O2. The summed E-state index contributed by atoms with van der Waals surface area (Å²) in [6.45, 7) is 0. The number of aliphatic carboxylic acids is 1. The van der Waals surface area contributed by atoms with Crippen molar-refractivity contribution in [2.24, 2.45) is 5.92 Å². The van der Waals surface area contributed by atoms with E-state index in [1.165, 1.54) is 12.1 Å². The molecule has 1 aromatic rings. The van der Waals surface area contributed by atoms with Gasteiger partial charge in [-0.3, -0.25) is 4.79 Å². The number of carboxylic acids is 1. The van der Waals surface area contributed by atoms with Gasteiger partial charge in [0, 0.05) is 5.92 Å². The van der Waals surface area contributed by atoms with E-state index in [2.05, 4.69) is 0 Å². The molecule has 0 spiro atoms. The lowest BCUT2D eigenvalue weighted by molar-refractivity contribution is -0.139. The zero-order valence-corrected chi connectivity index (χ0v) is 10.2. The van der Waals surface area contributed by atoms with E-state index in [0.29, 0.717) is 5.56 Å². The molecule has 1 saturated carbocycles. The van der Waals surface area contributed by atoms with Crippen molar-refractivity contribution >= 4 is 29.2 Å². The van der Waals surface area contributed by atoms with Crippen molar-refractivity contribution in [2.45, 2.75) is 16.4 Å². The highest BCUT2D eigenvalue weighted by Crippen LogP contribution is 2.65. The van der Waals surface area contributed by atoms with Crippen LogP contribution < -0.4 is 0 Å². The van der Waals surface area contributed by atoms with E-state index in [4.69, 9.17) is 28.3 Å². The van der Waals surface area contributed by atoms with Crippen LogP contribution in [-0.4, -0.2) is 15.4 Å². The maximum atomic E-state index is 12.3. The molecule has 0 aromatic heterocycles. The number of hydrogen-bond donors (Lipinski definition) is 1. The topological polar surface area (TPSA) is 37.3 Å². The Balaban J connectivity index is 2.25. The van der Waals surface area contributed by atoms with Gasteiger partial charge in [-0.15, -0.1) is 0 Å². The summed E-state index contributed by atoms with van der Waals surface area (Å²) in [7, 11) is 0. The first-order valence-electron chi connectivity index (χ1n) is 4.93. The Labute approximate surface area is 110 Å². The van der Waals surface area contributed by atoms with E-state index in [-0.39, 0.29) is 0 Å². The Bertz CT molecular complexity index is 482. The lowest BCUT2D eigenvalue weighted by Gasteiger charge is -2.07. The molecule has 7 heteroatoms. The van der Waals surface area contributed by atoms with Gasteiger partial charge in [-0.1, -0.05) is 35.3 Å². The number of halogens is 5.